The number of rotatable bonds is 6. The molecular weight excluding hydrogens is 431 g/mol. The van der Waals surface area contributed by atoms with Crippen LogP contribution in [0.5, 0.6) is 0 Å². The summed E-state index contributed by atoms with van der Waals surface area (Å²) in [6.45, 7) is 2.87. The number of amides is 2. The molecule has 0 radical (unpaired) electrons. The molecule has 2 aliphatic rings. The van der Waals surface area contributed by atoms with E-state index in [1.165, 1.54) is 21.2 Å². The summed E-state index contributed by atoms with van der Waals surface area (Å²) in [4.78, 5) is 44.8. The Morgan fingerprint density at radius 1 is 1.33 bits per heavy atom. The minimum Gasteiger partial charge on any atom is -0.376 e. The molecule has 0 bridgehead atoms. The Morgan fingerprint density at radius 2 is 2.18 bits per heavy atom. The standard InChI is InChI=1S/C22H23FN6O4/c1-2-14-8-19-28(12-18(30)25-17-6-5-13(23)9-24-17)20-16(21(31)29(19)26-14)11-27(22(20)32)10-15-4-3-7-33-15/h5-6,8-9,15H,2-4,7,10-12H2,1H3,(H,24,25,30)/t15-/m1/s1. The SMILES string of the molecule is CCc1cc2n(CC(=O)Nc3ccc(F)cn3)c3c(c(=O)n2n1)CN(C[C@H]1CCCO1)C3=O. The van der Waals surface area contributed by atoms with E-state index in [4.69, 9.17) is 4.74 Å². The summed E-state index contributed by atoms with van der Waals surface area (Å²) in [7, 11) is 0. The maximum Gasteiger partial charge on any atom is 0.280 e. The molecule has 10 nitrogen and oxygen atoms in total. The molecule has 5 heterocycles. The normalized spacial score (nSPS) is 17.7. The number of nitrogens with zero attached hydrogens (tertiary/aromatic N) is 5. The van der Waals surface area contributed by atoms with Crippen LogP contribution in [0.1, 0.15) is 41.5 Å². The number of aromatic nitrogens is 4. The van der Waals surface area contributed by atoms with Crippen molar-refractivity contribution in [3.05, 3.63) is 57.5 Å². The number of nitrogens with one attached hydrogen (secondary N) is 1. The van der Waals surface area contributed by atoms with E-state index in [0.717, 1.165) is 19.0 Å². The average Bonchev–Trinajstić information content (AvgIpc) is 3.53. The fourth-order valence-corrected chi connectivity index (χ4v) is 4.36. The van der Waals surface area contributed by atoms with E-state index < -0.39 is 11.7 Å². The maximum absolute atomic E-state index is 13.4. The monoisotopic (exact) mass is 454 g/mol. The lowest BCUT2D eigenvalue weighted by atomic mass is 10.2. The summed E-state index contributed by atoms with van der Waals surface area (Å²) < 4.78 is 21.6. The minimum absolute atomic E-state index is 0.0598. The number of ether oxygens (including phenoxy) is 1. The highest BCUT2D eigenvalue weighted by atomic mass is 19.1. The van der Waals surface area contributed by atoms with Crippen LogP contribution in [0.3, 0.4) is 0 Å². The number of halogens is 1. The smallest absolute Gasteiger partial charge is 0.280 e. The molecule has 2 aliphatic heterocycles. The van der Waals surface area contributed by atoms with Gasteiger partial charge in [-0.3, -0.25) is 14.4 Å². The molecule has 1 fully saturated rings. The van der Waals surface area contributed by atoms with Crippen molar-refractivity contribution in [1.82, 2.24) is 24.1 Å². The largest absolute Gasteiger partial charge is 0.376 e. The van der Waals surface area contributed by atoms with Crippen molar-refractivity contribution in [3.8, 4) is 0 Å². The average molecular weight is 454 g/mol. The molecular formula is C22H23FN6O4. The second-order valence-electron chi connectivity index (χ2n) is 8.21. The topological polar surface area (TPSA) is 111 Å². The molecule has 2 amide bonds. The van der Waals surface area contributed by atoms with Crippen LogP contribution in [0, 0.1) is 5.82 Å². The van der Waals surface area contributed by atoms with Gasteiger partial charge >= 0.3 is 0 Å². The number of hydrogen-bond donors (Lipinski definition) is 1. The molecule has 0 saturated carbocycles. The zero-order chi connectivity index (χ0) is 23.1. The van der Waals surface area contributed by atoms with Crippen LogP contribution in [0.4, 0.5) is 10.2 Å². The second-order valence-corrected chi connectivity index (χ2v) is 8.21. The molecule has 1 N–H and O–H groups in total. The first-order chi connectivity index (χ1) is 15.9. The fraction of sp³-hybridized carbons (Fsp3) is 0.409. The molecule has 11 heteroatoms. The number of pyridine rings is 1. The summed E-state index contributed by atoms with van der Waals surface area (Å²) in [5, 5.41) is 6.97. The molecule has 0 unspecified atom stereocenters. The Morgan fingerprint density at radius 3 is 2.88 bits per heavy atom. The highest BCUT2D eigenvalue weighted by molar-refractivity contribution is 5.98. The van der Waals surface area contributed by atoms with E-state index in [-0.39, 0.29) is 42.2 Å². The van der Waals surface area contributed by atoms with Gasteiger partial charge in [0.2, 0.25) is 5.91 Å². The Bertz CT molecular complexity index is 1290. The molecule has 0 aliphatic carbocycles. The van der Waals surface area contributed by atoms with Gasteiger partial charge in [0.1, 0.15) is 29.5 Å². The highest BCUT2D eigenvalue weighted by Gasteiger charge is 2.36. The number of aryl methyl sites for hydroxylation is 1. The predicted octanol–water partition coefficient (Wildman–Crippen LogP) is 1.37. The van der Waals surface area contributed by atoms with Crippen LogP contribution >= 0.6 is 0 Å². The first-order valence-electron chi connectivity index (χ1n) is 10.9. The summed E-state index contributed by atoms with van der Waals surface area (Å²) >= 11 is 0. The first-order valence-corrected chi connectivity index (χ1v) is 10.9. The first kappa shape index (κ1) is 21.3. The third kappa shape index (κ3) is 3.88. The molecule has 1 saturated heterocycles. The van der Waals surface area contributed by atoms with Crippen LogP contribution in [-0.2, 0) is 29.0 Å². The number of carbonyl (C=O) groups is 2. The molecule has 3 aromatic heterocycles. The Kier molecular flexibility index (Phi) is 5.41. The quantitative estimate of drug-likeness (QED) is 0.602. The third-order valence-electron chi connectivity index (χ3n) is 5.97. The van der Waals surface area contributed by atoms with Gasteiger partial charge in [-0.2, -0.15) is 9.61 Å². The van der Waals surface area contributed by atoms with Crippen LogP contribution < -0.4 is 10.9 Å². The van der Waals surface area contributed by atoms with E-state index in [0.29, 0.717) is 36.5 Å². The van der Waals surface area contributed by atoms with Crippen molar-refractivity contribution in [3.63, 3.8) is 0 Å². The lowest BCUT2D eigenvalue weighted by Crippen LogP contribution is -2.33. The summed E-state index contributed by atoms with van der Waals surface area (Å²) in [5.41, 5.74) is 1.18. The molecule has 1 atom stereocenters. The zero-order valence-corrected chi connectivity index (χ0v) is 18.1. The molecule has 172 valence electrons. The van der Waals surface area contributed by atoms with Gasteiger partial charge in [0.15, 0.2) is 0 Å². The second kappa shape index (κ2) is 8.39. The summed E-state index contributed by atoms with van der Waals surface area (Å²) in [6, 6.07) is 4.25. The van der Waals surface area contributed by atoms with Crippen molar-refractivity contribution in [2.45, 2.75) is 45.4 Å². The Balaban J connectivity index is 1.52. The molecule has 0 spiro atoms. The van der Waals surface area contributed by atoms with Gasteiger partial charge < -0.3 is 19.5 Å². The van der Waals surface area contributed by atoms with Crippen LogP contribution in [0.2, 0.25) is 0 Å². The van der Waals surface area contributed by atoms with Gasteiger partial charge in [-0.25, -0.2) is 9.37 Å². The van der Waals surface area contributed by atoms with Crippen LogP contribution in [0.25, 0.3) is 5.65 Å². The van der Waals surface area contributed by atoms with E-state index in [2.05, 4.69) is 15.4 Å². The highest BCUT2D eigenvalue weighted by Crippen LogP contribution is 2.25. The maximum atomic E-state index is 13.4. The Labute approximate surface area is 188 Å². The van der Waals surface area contributed by atoms with Gasteiger partial charge in [-0.1, -0.05) is 6.92 Å². The van der Waals surface area contributed by atoms with Crippen molar-refractivity contribution < 1.29 is 18.7 Å². The van der Waals surface area contributed by atoms with Gasteiger partial charge in [-0.15, -0.1) is 0 Å². The van der Waals surface area contributed by atoms with E-state index in [1.54, 1.807) is 11.0 Å². The number of anilines is 1. The number of hydrogen-bond acceptors (Lipinski definition) is 6. The van der Waals surface area contributed by atoms with Crippen LogP contribution in [0.15, 0.2) is 29.2 Å². The fourth-order valence-electron chi connectivity index (χ4n) is 4.36. The van der Waals surface area contributed by atoms with E-state index in [9.17, 15) is 18.8 Å². The third-order valence-corrected chi connectivity index (χ3v) is 5.97. The minimum atomic E-state index is -0.517. The van der Waals surface area contributed by atoms with Gasteiger partial charge in [0, 0.05) is 19.2 Å². The number of fused-ring (bicyclic) bond motifs is 2. The molecule has 3 aromatic rings. The summed E-state index contributed by atoms with van der Waals surface area (Å²) in [6.07, 6.45) is 3.34. The van der Waals surface area contributed by atoms with Crippen molar-refractivity contribution in [1.29, 1.82) is 0 Å². The number of carbonyl (C=O) groups excluding carboxylic acids is 2. The lowest BCUT2D eigenvalue weighted by molar-refractivity contribution is -0.116. The molecule has 0 aromatic carbocycles. The Hall–Kier alpha value is -3.60. The van der Waals surface area contributed by atoms with Gasteiger partial charge in [0.05, 0.1) is 30.1 Å². The van der Waals surface area contributed by atoms with Crippen molar-refractivity contribution >= 4 is 23.3 Å². The van der Waals surface area contributed by atoms with Crippen molar-refractivity contribution in [2.24, 2.45) is 0 Å². The van der Waals surface area contributed by atoms with Gasteiger partial charge in [0.25, 0.3) is 11.5 Å². The summed E-state index contributed by atoms with van der Waals surface area (Å²) in [5.74, 6) is -1.11. The molecule has 5 rings (SSSR count). The van der Waals surface area contributed by atoms with E-state index in [1.807, 2.05) is 6.92 Å². The zero-order valence-electron chi connectivity index (χ0n) is 18.1. The predicted molar refractivity (Wildman–Crippen MR) is 115 cm³/mol. The van der Waals surface area contributed by atoms with E-state index >= 15 is 0 Å². The van der Waals surface area contributed by atoms with Gasteiger partial charge in [-0.05, 0) is 31.4 Å². The molecule has 33 heavy (non-hydrogen) atoms. The van der Waals surface area contributed by atoms with Crippen LogP contribution in [-0.4, -0.2) is 55.1 Å². The lowest BCUT2D eigenvalue weighted by Gasteiger charge is -2.19. The van der Waals surface area contributed by atoms with Crippen molar-refractivity contribution in [2.75, 3.05) is 18.5 Å².